The van der Waals surface area contributed by atoms with Gasteiger partial charge in [-0.3, -0.25) is 4.79 Å². The van der Waals surface area contributed by atoms with Gasteiger partial charge in [0, 0.05) is 18.2 Å². The normalized spacial score (nSPS) is 22.8. The first-order valence-corrected chi connectivity index (χ1v) is 8.50. The van der Waals surface area contributed by atoms with E-state index in [1.807, 2.05) is 0 Å². The molecule has 2 aliphatic heterocycles. The van der Waals surface area contributed by atoms with Crippen molar-refractivity contribution in [1.82, 2.24) is 10.2 Å². The number of carbonyl (C=O) groups excluding carboxylic acids is 2. The van der Waals surface area contributed by atoms with Crippen LogP contribution in [0.1, 0.15) is 50.8 Å². The Morgan fingerprint density at radius 2 is 2.00 bits per heavy atom. The molecule has 1 fully saturated rings. The number of nitrogens with one attached hydrogen (secondary N) is 1. The molecule has 0 bridgehead atoms. The van der Waals surface area contributed by atoms with Crippen LogP contribution in [0.4, 0.5) is 4.79 Å². The second kappa shape index (κ2) is 6.13. The van der Waals surface area contributed by atoms with Gasteiger partial charge in [-0.05, 0) is 51.7 Å². The van der Waals surface area contributed by atoms with Crippen LogP contribution >= 0.6 is 0 Å². The summed E-state index contributed by atoms with van der Waals surface area (Å²) in [6.45, 7) is 5.80. The number of benzene rings is 1. The van der Waals surface area contributed by atoms with Crippen LogP contribution in [0.2, 0.25) is 0 Å². The predicted octanol–water partition coefficient (Wildman–Crippen LogP) is 2.21. The molecule has 1 aromatic rings. The lowest BCUT2D eigenvalue weighted by molar-refractivity contribution is -0.140. The highest BCUT2D eigenvalue weighted by atomic mass is 16.6. The van der Waals surface area contributed by atoms with Gasteiger partial charge < -0.3 is 25.2 Å². The van der Waals surface area contributed by atoms with Crippen LogP contribution in [0.3, 0.4) is 0 Å². The summed E-state index contributed by atoms with van der Waals surface area (Å²) in [4.78, 5) is 26.4. The van der Waals surface area contributed by atoms with Crippen LogP contribution in [0, 0.1) is 0 Å². The third-order valence-corrected chi connectivity index (χ3v) is 4.56. The Morgan fingerprint density at radius 1 is 1.28 bits per heavy atom. The Kier molecular flexibility index (Phi) is 4.26. The summed E-state index contributed by atoms with van der Waals surface area (Å²) >= 11 is 0. The molecule has 2 aliphatic rings. The van der Waals surface area contributed by atoms with E-state index < -0.39 is 17.7 Å². The van der Waals surface area contributed by atoms with Crippen molar-refractivity contribution in [2.45, 2.75) is 57.7 Å². The van der Waals surface area contributed by atoms with Crippen LogP contribution in [0.25, 0.3) is 0 Å². The number of aromatic hydroxyl groups is 2. The van der Waals surface area contributed by atoms with Crippen molar-refractivity contribution in [3.05, 3.63) is 23.3 Å². The highest BCUT2D eigenvalue weighted by Crippen LogP contribution is 2.43. The fourth-order valence-corrected chi connectivity index (χ4v) is 3.62. The van der Waals surface area contributed by atoms with Gasteiger partial charge in [-0.15, -0.1) is 0 Å². The number of carbonyl (C=O) groups is 2. The Labute approximate surface area is 146 Å². The molecule has 2 atom stereocenters. The average molecular weight is 348 g/mol. The van der Waals surface area contributed by atoms with Crippen molar-refractivity contribution in [3.63, 3.8) is 0 Å². The van der Waals surface area contributed by atoms with E-state index in [-0.39, 0.29) is 23.4 Å². The van der Waals surface area contributed by atoms with E-state index in [9.17, 15) is 19.8 Å². The van der Waals surface area contributed by atoms with Crippen molar-refractivity contribution in [2.75, 3.05) is 6.54 Å². The highest BCUT2D eigenvalue weighted by Gasteiger charge is 2.41. The number of amides is 2. The lowest BCUT2D eigenvalue weighted by Crippen LogP contribution is -2.55. The van der Waals surface area contributed by atoms with Gasteiger partial charge in [0.2, 0.25) is 5.91 Å². The number of nitrogens with zero attached hydrogens (tertiary/aromatic N) is 1. The number of phenolic OH excluding ortho intramolecular Hbond substituents is 2. The first-order chi connectivity index (χ1) is 11.7. The maximum Gasteiger partial charge on any atom is 0.408 e. The monoisotopic (exact) mass is 348 g/mol. The first-order valence-electron chi connectivity index (χ1n) is 8.50. The van der Waals surface area contributed by atoms with E-state index >= 15 is 0 Å². The largest absolute Gasteiger partial charge is 0.508 e. The molecule has 0 aliphatic carbocycles. The zero-order chi connectivity index (χ0) is 18.4. The smallest absolute Gasteiger partial charge is 0.408 e. The van der Waals surface area contributed by atoms with Gasteiger partial charge in [-0.25, -0.2) is 4.79 Å². The molecule has 3 rings (SSSR count). The minimum Gasteiger partial charge on any atom is -0.508 e. The second-order valence-corrected chi connectivity index (χ2v) is 7.61. The van der Waals surface area contributed by atoms with E-state index in [4.69, 9.17) is 4.74 Å². The lowest BCUT2D eigenvalue weighted by atomic mass is 9.84. The van der Waals surface area contributed by atoms with Crippen molar-refractivity contribution >= 4 is 12.0 Å². The van der Waals surface area contributed by atoms with Crippen molar-refractivity contribution < 1.29 is 24.5 Å². The molecule has 0 aromatic heterocycles. The molecule has 2 amide bonds. The van der Waals surface area contributed by atoms with Gasteiger partial charge in [0.05, 0.1) is 6.04 Å². The van der Waals surface area contributed by atoms with Gasteiger partial charge in [0.1, 0.15) is 23.1 Å². The summed E-state index contributed by atoms with van der Waals surface area (Å²) in [5.74, 6) is -0.132. The number of phenols is 2. The van der Waals surface area contributed by atoms with Gasteiger partial charge in [-0.2, -0.15) is 0 Å². The Balaban J connectivity index is 1.76. The number of piperidine rings is 1. The molecule has 7 heteroatoms. The molecule has 136 valence electrons. The lowest BCUT2D eigenvalue weighted by Gasteiger charge is -2.43. The van der Waals surface area contributed by atoms with Crippen molar-refractivity contribution in [2.24, 2.45) is 0 Å². The molecule has 1 aromatic carbocycles. The zero-order valence-electron chi connectivity index (χ0n) is 14.7. The highest BCUT2D eigenvalue weighted by molar-refractivity contribution is 5.87. The fourth-order valence-electron chi connectivity index (χ4n) is 3.62. The molecule has 0 saturated carbocycles. The van der Waals surface area contributed by atoms with Gasteiger partial charge in [-0.1, -0.05) is 0 Å². The minimum absolute atomic E-state index is 0.0102. The third-order valence-electron chi connectivity index (χ3n) is 4.56. The molecule has 0 spiro atoms. The van der Waals surface area contributed by atoms with Gasteiger partial charge in [0.25, 0.3) is 0 Å². The SMILES string of the molecule is CC(C)(C)OC(=O)N[C@H]1CC[C@H]2c3c(O)cc(O)cc3CCN2C1=O. The van der Waals surface area contributed by atoms with E-state index in [2.05, 4.69) is 5.32 Å². The van der Waals surface area contributed by atoms with Crippen molar-refractivity contribution in [3.8, 4) is 11.5 Å². The number of hydrogen-bond acceptors (Lipinski definition) is 5. The van der Waals surface area contributed by atoms with Crippen LogP contribution < -0.4 is 5.32 Å². The number of alkyl carbamates (subject to hydrolysis) is 1. The van der Waals surface area contributed by atoms with E-state index in [0.29, 0.717) is 31.4 Å². The Hall–Kier alpha value is -2.44. The van der Waals surface area contributed by atoms with Gasteiger partial charge >= 0.3 is 6.09 Å². The third kappa shape index (κ3) is 3.50. The number of fused-ring (bicyclic) bond motifs is 3. The van der Waals surface area contributed by atoms with Gasteiger partial charge in [0.15, 0.2) is 0 Å². The zero-order valence-corrected chi connectivity index (χ0v) is 14.7. The Morgan fingerprint density at radius 3 is 2.68 bits per heavy atom. The minimum atomic E-state index is -0.623. The van der Waals surface area contributed by atoms with Crippen molar-refractivity contribution in [1.29, 1.82) is 0 Å². The molecule has 3 N–H and O–H groups in total. The molecule has 0 radical (unpaired) electrons. The summed E-state index contributed by atoms with van der Waals surface area (Å²) in [5.41, 5.74) is 0.945. The molecular weight excluding hydrogens is 324 g/mol. The molecule has 7 nitrogen and oxygen atoms in total. The first kappa shape index (κ1) is 17.4. The average Bonchev–Trinajstić information content (AvgIpc) is 2.47. The van der Waals surface area contributed by atoms with Crippen LogP contribution in [0.15, 0.2) is 12.1 Å². The quantitative estimate of drug-likeness (QED) is 0.723. The molecular formula is C18H24N2O5. The summed E-state index contributed by atoms with van der Waals surface area (Å²) in [7, 11) is 0. The van der Waals surface area contributed by atoms with E-state index in [0.717, 1.165) is 5.56 Å². The number of rotatable bonds is 1. The second-order valence-electron chi connectivity index (χ2n) is 7.61. The predicted molar refractivity (Wildman–Crippen MR) is 90.3 cm³/mol. The summed E-state index contributed by atoms with van der Waals surface area (Å²) in [6.07, 6.45) is 1.05. The van der Waals surface area contributed by atoms with Crippen LogP contribution in [-0.4, -0.2) is 45.3 Å². The standard InChI is InChI=1S/C18H24N2O5/c1-18(2,3)25-17(24)19-12-4-5-13-15-10(6-7-20(13)16(12)23)8-11(21)9-14(15)22/h8-9,12-13,21-22H,4-7H2,1-3H3,(H,19,24)/t12-,13-/m0/s1. The van der Waals surface area contributed by atoms with Crippen LogP contribution in [-0.2, 0) is 16.0 Å². The maximum absolute atomic E-state index is 12.8. The maximum atomic E-state index is 12.8. The van der Waals surface area contributed by atoms with E-state index in [1.54, 1.807) is 31.7 Å². The summed E-state index contributed by atoms with van der Waals surface area (Å²) in [6, 6.07) is 2.10. The summed E-state index contributed by atoms with van der Waals surface area (Å²) < 4.78 is 5.22. The molecule has 1 saturated heterocycles. The molecule has 0 unspecified atom stereocenters. The van der Waals surface area contributed by atoms with Crippen LogP contribution in [0.5, 0.6) is 11.5 Å². The Bertz CT molecular complexity index is 710. The summed E-state index contributed by atoms with van der Waals surface area (Å²) in [5, 5.41) is 22.5. The van der Waals surface area contributed by atoms with E-state index in [1.165, 1.54) is 6.07 Å². The molecule has 25 heavy (non-hydrogen) atoms. The number of hydrogen-bond donors (Lipinski definition) is 3. The fraction of sp³-hybridized carbons (Fsp3) is 0.556. The molecule has 2 heterocycles. The topological polar surface area (TPSA) is 99.1 Å². The number of ether oxygens (including phenoxy) is 1.